The van der Waals surface area contributed by atoms with E-state index in [0.717, 1.165) is 11.1 Å². The van der Waals surface area contributed by atoms with Gasteiger partial charge in [-0.2, -0.15) is 0 Å². The van der Waals surface area contributed by atoms with Gasteiger partial charge in [0, 0.05) is 42.9 Å². The van der Waals surface area contributed by atoms with Crippen LogP contribution in [-0.2, 0) is 13.1 Å². The van der Waals surface area contributed by atoms with E-state index < -0.39 is 0 Å². The molecule has 7 heteroatoms. The minimum atomic E-state index is 0.516. The second-order valence-electron chi connectivity index (χ2n) is 5.63. The van der Waals surface area contributed by atoms with Crippen LogP contribution in [-0.4, -0.2) is 20.0 Å². The summed E-state index contributed by atoms with van der Waals surface area (Å²) in [6.45, 7) is 1.22. The predicted octanol–water partition coefficient (Wildman–Crippen LogP) is 5.18. The first-order chi connectivity index (χ1) is 12.6. The van der Waals surface area contributed by atoms with Crippen molar-refractivity contribution in [1.82, 2.24) is 14.9 Å². The summed E-state index contributed by atoms with van der Waals surface area (Å²) in [5.41, 5.74) is 2.83. The number of nitrogens with zero attached hydrogens (tertiary/aromatic N) is 3. The quantitative estimate of drug-likeness (QED) is 0.595. The van der Waals surface area contributed by atoms with Gasteiger partial charge in [0.1, 0.15) is 0 Å². The second-order valence-corrected chi connectivity index (χ2v) is 6.86. The van der Waals surface area contributed by atoms with E-state index in [-0.39, 0.29) is 0 Å². The van der Waals surface area contributed by atoms with Crippen molar-refractivity contribution in [2.45, 2.75) is 13.1 Å². The molecule has 0 saturated heterocycles. The van der Waals surface area contributed by atoms with Crippen LogP contribution in [0.2, 0.25) is 10.0 Å². The van der Waals surface area contributed by atoms with Crippen molar-refractivity contribution in [1.29, 1.82) is 0 Å². The standard InChI is InChI=1S/C19H16Cl2N4S/c20-16-5-6-18(17(21)9-16)24-19(26)25(12-14-3-1-7-22-10-14)13-15-4-2-8-23-11-15/h1-11H,12-13H2,(H,24,26). The van der Waals surface area contributed by atoms with E-state index in [0.29, 0.717) is 33.9 Å². The van der Waals surface area contributed by atoms with Crippen LogP contribution in [0.3, 0.4) is 0 Å². The van der Waals surface area contributed by atoms with Gasteiger partial charge >= 0.3 is 0 Å². The Balaban J connectivity index is 1.80. The SMILES string of the molecule is S=C(Nc1ccc(Cl)cc1Cl)N(Cc1cccnc1)Cc1cccnc1. The number of nitrogens with one attached hydrogen (secondary N) is 1. The fraction of sp³-hybridized carbons (Fsp3) is 0.105. The molecule has 0 aliphatic heterocycles. The Morgan fingerprint density at radius 3 is 2.08 bits per heavy atom. The molecule has 0 bridgehead atoms. The van der Waals surface area contributed by atoms with E-state index in [2.05, 4.69) is 15.3 Å². The Hall–Kier alpha value is -2.21. The van der Waals surface area contributed by atoms with Gasteiger partial charge in [-0.05, 0) is 53.7 Å². The lowest BCUT2D eigenvalue weighted by Crippen LogP contribution is -2.34. The van der Waals surface area contributed by atoms with Crippen molar-refractivity contribution in [2.24, 2.45) is 0 Å². The molecule has 1 aromatic carbocycles. The Morgan fingerprint density at radius 1 is 0.962 bits per heavy atom. The van der Waals surface area contributed by atoms with E-state index in [1.54, 1.807) is 24.5 Å². The third-order valence-electron chi connectivity index (χ3n) is 3.65. The minimum Gasteiger partial charge on any atom is -0.340 e. The molecule has 0 amide bonds. The molecule has 1 N–H and O–H groups in total. The zero-order valence-corrected chi connectivity index (χ0v) is 16.1. The maximum absolute atomic E-state index is 6.25. The summed E-state index contributed by atoms with van der Waals surface area (Å²) in [6.07, 6.45) is 7.15. The summed E-state index contributed by atoms with van der Waals surface area (Å²) in [4.78, 5) is 10.4. The Bertz CT molecular complexity index is 834. The first kappa shape index (κ1) is 18.6. The summed E-state index contributed by atoms with van der Waals surface area (Å²) >= 11 is 17.8. The molecule has 0 saturated carbocycles. The van der Waals surface area contributed by atoms with Crippen LogP contribution >= 0.6 is 35.4 Å². The fourth-order valence-electron chi connectivity index (χ4n) is 2.41. The molecule has 0 fully saturated rings. The number of anilines is 1. The maximum atomic E-state index is 6.25. The van der Waals surface area contributed by atoms with Gasteiger partial charge in [0.15, 0.2) is 5.11 Å². The molecule has 0 atom stereocenters. The number of hydrogen-bond donors (Lipinski definition) is 1. The van der Waals surface area contributed by atoms with Crippen LogP contribution in [0.1, 0.15) is 11.1 Å². The highest BCUT2D eigenvalue weighted by Gasteiger charge is 2.13. The lowest BCUT2D eigenvalue weighted by Gasteiger charge is -2.26. The summed E-state index contributed by atoms with van der Waals surface area (Å²) < 4.78 is 0. The van der Waals surface area contributed by atoms with E-state index in [4.69, 9.17) is 35.4 Å². The zero-order valence-electron chi connectivity index (χ0n) is 13.8. The van der Waals surface area contributed by atoms with Crippen LogP contribution in [0.5, 0.6) is 0 Å². The molecule has 0 spiro atoms. The van der Waals surface area contributed by atoms with Gasteiger partial charge < -0.3 is 10.2 Å². The molecule has 0 unspecified atom stereocenters. The highest BCUT2D eigenvalue weighted by atomic mass is 35.5. The molecule has 3 aromatic rings. The molecule has 132 valence electrons. The molecule has 26 heavy (non-hydrogen) atoms. The number of thiocarbonyl (C=S) groups is 1. The van der Waals surface area contributed by atoms with E-state index in [1.807, 2.05) is 47.6 Å². The van der Waals surface area contributed by atoms with Crippen LogP contribution in [0.25, 0.3) is 0 Å². The van der Waals surface area contributed by atoms with Crippen LogP contribution < -0.4 is 5.32 Å². The average Bonchev–Trinajstić information content (AvgIpc) is 2.65. The molecule has 0 aliphatic rings. The number of rotatable bonds is 5. The monoisotopic (exact) mass is 402 g/mol. The normalized spacial score (nSPS) is 10.4. The summed E-state index contributed by atoms with van der Waals surface area (Å²) in [7, 11) is 0. The van der Waals surface area contributed by atoms with Crippen molar-refractivity contribution in [3.8, 4) is 0 Å². The average molecular weight is 403 g/mol. The maximum Gasteiger partial charge on any atom is 0.174 e. The summed E-state index contributed by atoms with van der Waals surface area (Å²) in [6, 6.07) is 13.1. The molecular formula is C19H16Cl2N4S. The first-order valence-corrected chi connectivity index (χ1v) is 9.07. The van der Waals surface area contributed by atoms with E-state index in [9.17, 15) is 0 Å². The van der Waals surface area contributed by atoms with Gasteiger partial charge in [-0.15, -0.1) is 0 Å². The number of halogens is 2. The third kappa shape index (κ3) is 5.14. The van der Waals surface area contributed by atoms with Crippen molar-refractivity contribution >= 4 is 46.2 Å². The topological polar surface area (TPSA) is 41.0 Å². The zero-order chi connectivity index (χ0) is 18.4. The molecule has 4 nitrogen and oxygen atoms in total. The summed E-state index contributed by atoms with van der Waals surface area (Å²) in [5.74, 6) is 0. The first-order valence-electron chi connectivity index (χ1n) is 7.90. The van der Waals surface area contributed by atoms with Crippen LogP contribution in [0.15, 0.2) is 67.3 Å². The number of benzene rings is 1. The van der Waals surface area contributed by atoms with Gasteiger partial charge in [0.25, 0.3) is 0 Å². The molecular weight excluding hydrogens is 387 g/mol. The van der Waals surface area contributed by atoms with E-state index in [1.165, 1.54) is 0 Å². The number of pyridine rings is 2. The van der Waals surface area contributed by atoms with E-state index >= 15 is 0 Å². The largest absolute Gasteiger partial charge is 0.340 e. The number of hydrogen-bond acceptors (Lipinski definition) is 3. The lowest BCUT2D eigenvalue weighted by molar-refractivity contribution is 0.411. The van der Waals surface area contributed by atoms with Crippen molar-refractivity contribution in [3.63, 3.8) is 0 Å². The van der Waals surface area contributed by atoms with Crippen molar-refractivity contribution in [3.05, 3.63) is 88.4 Å². The van der Waals surface area contributed by atoms with Crippen molar-refractivity contribution in [2.75, 3.05) is 5.32 Å². The molecule has 3 rings (SSSR count). The fourth-order valence-corrected chi connectivity index (χ4v) is 3.10. The van der Waals surface area contributed by atoms with Crippen LogP contribution in [0, 0.1) is 0 Å². The predicted molar refractivity (Wildman–Crippen MR) is 110 cm³/mol. The Morgan fingerprint density at radius 2 is 1.58 bits per heavy atom. The van der Waals surface area contributed by atoms with Gasteiger partial charge in [0.05, 0.1) is 10.7 Å². The third-order valence-corrected chi connectivity index (χ3v) is 4.56. The lowest BCUT2D eigenvalue weighted by atomic mass is 10.2. The molecule has 0 radical (unpaired) electrons. The second kappa shape index (κ2) is 8.94. The summed E-state index contributed by atoms with van der Waals surface area (Å²) in [5, 5.41) is 4.86. The highest BCUT2D eigenvalue weighted by molar-refractivity contribution is 7.80. The van der Waals surface area contributed by atoms with Crippen LogP contribution in [0.4, 0.5) is 5.69 Å². The Labute approximate surface area is 167 Å². The minimum absolute atomic E-state index is 0.516. The molecule has 2 aromatic heterocycles. The molecule has 0 aliphatic carbocycles. The highest BCUT2D eigenvalue weighted by Crippen LogP contribution is 2.26. The molecule has 2 heterocycles. The van der Waals surface area contributed by atoms with Gasteiger partial charge in [-0.3, -0.25) is 9.97 Å². The number of aromatic nitrogens is 2. The van der Waals surface area contributed by atoms with Gasteiger partial charge in [-0.25, -0.2) is 0 Å². The van der Waals surface area contributed by atoms with Gasteiger partial charge in [-0.1, -0.05) is 35.3 Å². The smallest absolute Gasteiger partial charge is 0.174 e. The Kier molecular flexibility index (Phi) is 6.39. The van der Waals surface area contributed by atoms with Crippen molar-refractivity contribution < 1.29 is 0 Å². The van der Waals surface area contributed by atoms with Gasteiger partial charge in [0.2, 0.25) is 0 Å².